The van der Waals surface area contributed by atoms with Crippen LogP contribution in [0.15, 0.2) is 34.9 Å². The standard InChI is InChI=1S/C16H15ClN2O4/c17-11-6-4-10(5-7-11)14-9-12(18-23-14)15(20)19-8-2-1-3-13(19)16(21)22/h4-7,9,13H,1-3,8H2,(H,21,22)/t13-/m1/s1. The minimum absolute atomic E-state index is 0.114. The quantitative estimate of drug-likeness (QED) is 0.932. The van der Waals surface area contributed by atoms with E-state index in [1.807, 2.05) is 0 Å². The van der Waals surface area contributed by atoms with Crippen molar-refractivity contribution in [3.63, 3.8) is 0 Å². The lowest BCUT2D eigenvalue weighted by Crippen LogP contribution is -2.48. The number of halogens is 1. The van der Waals surface area contributed by atoms with Crippen molar-refractivity contribution in [2.24, 2.45) is 0 Å². The number of nitrogens with zero attached hydrogens (tertiary/aromatic N) is 2. The summed E-state index contributed by atoms with van der Waals surface area (Å²) >= 11 is 5.84. The second-order valence-electron chi connectivity index (χ2n) is 5.43. The third-order valence-electron chi connectivity index (χ3n) is 3.91. The molecule has 7 heteroatoms. The maximum atomic E-state index is 12.5. The molecular formula is C16H15ClN2O4. The van der Waals surface area contributed by atoms with Gasteiger partial charge in [0.05, 0.1) is 0 Å². The Hall–Kier alpha value is -2.34. The van der Waals surface area contributed by atoms with Crippen LogP contribution in [0.25, 0.3) is 11.3 Å². The highest BCUT2D eigenvalue weighted by Crippen LogP contribution is 2.24. The molecule has 0 unspecified atom stereocenters. The van der Waals surface area contributed by atoms with E-state index in [0.29, 0.717) is 23.7 Å². The van der Waals surface area contributed by atoms with Gasteiger partial charge in [-0.05, 0) is 43.5 Å². The van der Waals surface area contributed by atoms with Gasteiger partial charge in [-0.1, -0.05) is 16.8 Å². The molecule has 1 N–H and O–H groups in total. The molecule has 1 aliphatic heterocycles. The molecule has 0 radical (unpaired) electrons. The van der Waals surface area contributed by atoms with Gasteiger partial charge in [-0.3, -0.25) is 4.79 Å². The van der Waals surface area contributed by atoms with Crippen LogP contribution in [0.4, 0.5) is 0 Å². The third kappa shape index (κ3) is 3.22. The zero-order valence-corrected chi connectivity index (χ0v) is 13.0. The SMILES string of the molecule is O=C(O)[C@H]1CCCCN1C(=O)c1cc(-c2ccc(Cl)cc2)on1. The van der Waals surface area contributed by atoms with E-state index in [1.54, 1.807) is 24.3 Å². The number of aromatic nitrogens is 1. The fraction of sp³-hybridized carbons (Fsp3) is 0.312. The van der Waals surface area contributed by atoms with E-state index in [1.165, 1.54) is 11.0 Å². The summed E-state index contributed by atoms with van der Waals surface area (Å²) in [6, 6.07) is 7.68. The Bertz CT molecular complexity index is 726. The Kier molecular flexibility index (Phi) is 4.34. The number of carboxylic acid groups (broad SMARTS) is 1. The minimum atomic E-state index is -0.987. The highest BCUT2D eigenvalue weighted by molar-refractivity contribution is 6.30. The summed E-state index contributed by atoms with van der Waals surface area (Å²) in [5.41, 5.74) is 0.859. The maximum Gasteiger partial charge on any atom is 0.326 e. The molecule has 23 heavy (non-hydrogen) atoms. The monoisotopic (exact) mass is 334 g/mol. The van der Waals surface area contributed by atoms with E-state index in [-0.39, 0.29) is 5.69 Å². The fourth-order valence-corrected chi connectivity index (χ4v) is 2.83. The van der Waals surface area contributed by atoms with Gasteiger partial charge in [0.2, 0.25) is 0 Å². The van der Waals surface area contributed by atoms with E-state index in [2.05, 4.69) is 5.16 Å². The van der Waals surface area contributed by atoms with Gasteiger partial charge in [0, 0.05) is 23.2 Å². The van der Waals surface area contributed by atoms with Crippen LogP contribution in [0.5, 0.6) is 0 Å². The Morgan fingerprint density at radius 3 is 2.70 bits per heavy atom. The minimum Gasteiger partial charge on any atom is -0.480 e. The van der Waals surface area contributed by atoms with Gasteiger partial charge in [-0.15, -0.1) is 0 Å². The summed E-state index contributed by atoms with van der Waals surface area (Å²) in [4.78, 5) is 25.2. The Morgan fingerprint density at radius 1 is 1.26 bits per heavy atom. The zero-order valence-electron chi connectivity index (χ0n) is 12.2. The van der Waals surface area contributed by atoms with Crippen molar-refractivity contribution in [2.45, 2.75) is 25.3 Å². The topological polar surface area (TPSA) is 83.6 Å². The third-order valence-corrected chi connectivity index (χ3v) is 4.16. The fourth-order valence-electron chi connectivity index (χ4n) is 2.70. The summed E-state index contributed by atoms with van der Waals surface area (Å²) in [5.74, 6) is -0.963. The molecule has 1 atom stereocenters. The van der Waals surface area contributed by atoms with Crippen molar-refractivity contribution < 1.29 is 19.2 Å². The second kappa shape index (κ2) is 6.42. The van der Waals surface area contributed by atoms with Crippen LogP contribution in [-0.4, -0.2) is 39.6 Å². The number of hydrogen-bond acceptors (Lipinski definition) is 4. The summed E-state index contributed by atoms with van der Waals surface area (Å²) in [5, 5.41) is 13.7. The van der Waals surface area contributed by atoms with Crippen molar-refractivity contribution in [1.29, 1.82) is 0 Å². The molecule has 1 aromatic heterocycles. The van der Waals surface area contributed by atoms with Crippen LogP contribution in [0.3, 0.4) is 0 Å². The number of hydrogen-bond donors (Lipinski definition) is 1. The first-order chi connectivity index (χ1) is 11.1. The normalized spacial score (nSPS) is 18.0. The molecule has 2 heterocycles. The van der Waals surface area contributed by atoms with Gasteiger partial charge in [-0.25, -0.2) is 4.79 Å². The molecule has 0 spiro atoms. The molecule has 1 fully saturated rings. The first-order valence-corrected chi connectivity index (χ1v) is 7.70. The first-order valence-electron chi connectivity index (χ1n) is 7.32. The Morgan fingerprint density at radius 2 is 2.00 bits per heavy atom. The van der Waals surface area contributed by atoms with Crippen molar-refractivity contribution in [3.8, 4) is 11.3 Å². The summed E-state index contributed by atoms with van der Waals surface area (Å²) in [7, 11) is 0. The molecule has 0 bridgehead atoms. The Labute approximate surface area is 137 Å². The average Bonchev–Trinajstić information content (AvgIpc) is 3.04. The highest BCUT2D eigenvalue weighted by Gasteiger charge is 2.33. The van der Waals surface area contributed by atoms with Gasteiger partial charge < -0.3 is 14.5 Å². The van der Waals surface area contributed by atoms with Crippen LogP contribution >= 0.6 is 11.6 Å². The molecule has 1 amide bonds. The van der Waals surface area contributed by atoms with Crippen molar-refractivity contribution in [2.75, 3.05) is 6.54 Å². The molecule has 3 rings (SSSR count). The molecule has 1 aromatic carbocycles. The van der Waals surface area contributed by atoms with Gasteiger partial charge >= 0.3 is 5.97 Å². The molecule has 0 aliphatic carbocycles. The highest BCUT2D eigenvalue weighted by atomic mass is 35.5. The number of benzene rings is 1. The lowest BCUT2D eigenvalue weighted by atomic mass is 10.0. The summed E-state index contributed by atoms with van der Waals surface area (Å²) < 4.78 is 5.21. The van der Waals surface area contributed by atoms with E-state index < -0.39 is 17.9 Å². The number of rotatable bonds is 3. The van der Waals surface area contributed by atoms with Crippen molar-refractivity contribution in [1.82, 2.24) is 10.1 Å². The molecule has 1 saturated heterocycles. The van der Waals surface area contributed by atoms with Crippen LogP contribution in [0.2, 0.25) is 5.02 Å². The molecule has 0 saturated carbocycles. The lowest BCUT2D eigenvalue weighted by Gasteiger charge is -2.32. The molecule has 1 aliphatic rings. The number of carboxylic acids is 1. The molecular weight excluding hydrogens is 320 g/mol. The first kappa shape index (κ1) is 15.6. The zero-order chi connectivity index (χ0) is 16.4. The van der Waals surface area contributed by atoms with E-state index >= 15 is 0 Å². The largest absolute Gasteiger partial charge is 0.480 e. The smallest absolute Gasteiger partial charge is 0.326 e. The van der Waals surface area contributed by atoms with Crippen LogP contribution < -0.4 is 0 Å². The number of carbonyl (C=O) groups excluding carboxylic acids is 1. The molecule has 120 valence electrons. The van der Waals surface area contributed by atoms with Gasteiger partial charge in [0.1, 0.15) is 6.04 Å². The van der Waals surface area contributed by atoms with Crippen molar-refractivity contribution >= 4 is 23.5 Å². The summed E-state index contributed by atoms with van der Waals surface area (Å²) in [6.45, 7) is 0.416. The van der Waals surface area contributed by atoms with Crippen LogP contribution in [0, 0.1) is 0 Å². The maximum absolute atomic E-state index is 12.5. The number of piperidine rings is 1. The molecule has 2 aromatic rings. The van der Waals surface area contributed by atoms with Crippen molar-refractivity contribution in [3.05, 3.63) is 41.0 Å². The second-order valence-corrected chi connectivity index (χ2v) is 5.87. The van der Waals surface area contributed by atoms with Crippen LogP contribution in [-0.2, 0) is 4.79 Å². The number of likely N-dealkylation sites (tertiary alicyclic amines) is 1. The predicted octanol–water partition coefficient (Wildman–Crippen LogP) is 3.07. The average molecular weight is 335 g/mol. The molecule has 6 nitrogen and oxygen atoms in total. The summed E-state index contributed by atoms with van der Waals surface area (Å²) in [6.07, 6.45) is 2.05. The van der Waals surface area contributed by atoms with E-state index in [9.17, 15) is 14.7 Å². The predicted molar refractivity (Wildman–Crippen MR) is 83.3 cm³/mol. The van der Waals surface area contributed by atoms with E-state index in [4.69, 9.17) is 16.1 Å². The van der Waals surface area contributed by atoms with Gasteiger partial charge in [0.15, 0.2) is 11.5 Å². The van der Waals surface area contributed by atoms with Gasteiger partial charge in [-0.2, -0.15) is 0 Å². The number of amides is 1. The Balaban J connectivity index is 1.83. The van der Waals surface area contributed by atoms with E-state index in [0.717, 1.165) is 18.4 Å². The number of carbonyl (C=O) groups is 2. The van der Waals surface area contributed by atoms with Gasteiger partial charge in [0.25, 0.3) is 5.91 Å². The lowest BCUT2D eigenvalue weighted by molar-refractivity contribution is -0.143. The number of aliphatic carboxylic acids is 1. The van der Waals surface area contributed by atoms with Crippen LogP contribution in [0.1, 0.15) is 29.8 Å².